The van der Waals surface area contributed by atoms with Crippen LogP contribution in [0.15, 0.2) is 36.4 Å². The first-order valence-electron chi connectivity index (χ1n) is 8.69. The van der Waals surface area contributed by atoms with E-state index in [2.05, 4.69) is 23.7 Å². The van der Waals surface area contributed by atoms with Crippen LogP contribution < -0.4 is 5.32 Å². The molecule has 25 heavy (non-hydrogen) atoms. The van der Waals surface area contributed by atoms with Crippen molar-refractivity contribution in [3.63, 3.8) is 0 Å². The molecule has 4 nitrogen and oxygen atoms in total. The fourth-order valence-electron chi connectivity index (χ4n) is 3.25. The number of hydrogen-bond acceptors (Lipinski definition) is 3. The summed E-state index contributed by atoms with van der Waals surface area (Å²) >= 11 is 0. The van der Waals surface area contributed by atoms with Crippen molar-refractivity contribution in [1.82, 2.24) is 9.88 Å². The molecule has 0 aliphatic heterocycles. The van der Waals surface area contributed by atoms with Crippen molar-refractivity contribution in [3.8, 4) is 0 Å². The number of benzene rings is 2. The van der Waals surface area contributed by atoms with Gasteiger partial charge in [-0.25, -0.2) is 0 Å². The molecule has 0 aliphatic rings. The molecule has 2 aromatic carbocycles. The summed E-state index contributed by atoms with van der Waals surface area (Å²) in [6.45, 7) is 9.10. The molecule has 3 rings (SSSR count). The molecule has 0 bridgehead atoms. The van der Waals surface area contributed by atoms with E-state index in [-0.39, 0.29) is 11.6 Å². The van der Waals surface area contributed by atoms with E-state index in [9.17, 15) is 9.59 Å². The quantitative estimate of drug-likeness (QED) is 0.687. The molecule has 0 radical (unpaired) electrons. The lowest BCUT2D eigenvalue weighted by Crippen LogP contribution is -2.26. The van der Waals surface area contributed by atoms with Crippen molar-refractivity contribution >= 4 is 33.4 Å². The van der Waals surface area contributed by atoms with Crippen molar-refractivity contribution in [2.75, 3.05) is 6.54 Å². The Labute approximate surface area is 147 Å². The van der Waals surface area contributed by atoms with Crippen LogP contribution in [0.4, 0.5) is 0 Å². The third-order valence-electron chi connectivity index (χ3n) is 4.57. The lowest BCUT2D eigenvalue weighted by atomic mass is 10.0. The van der Waals surface area contributed by atoms with E-state index in [1.807, 2.05) is 36.4 Å². The van der Waals surface area contributed by atoms with E-state index in [1.54, 1.807) is 13.8 Å². The second kappa shape index (κ2) is 6.81. The minimum atomic E-state index is 0.0481. The summed E-state index contributed by atoms with van der Waals surface area (Å²) in [4.78, 5) is 23.6. The topological polar surface area (TPSA) is 51.1 Å². The van der Waals surface area contributed by atoms with Gasteiger partial charge in [-0.2, -0.15) is 0 Å². The van der Waals surface area contributed by atoms with Crippen molar-refractivity contribution in [2.24, 2.45) is 0 Å². The van der Waals surface area contributed by atoms with Crippen LogP contribution in [0.2, 0.25) is 0 Å². The van der Waals surface area contributed by atoms with E-state index >= 15 is 0 Å². The first kappa shape index (κ1) is 17.4. The average molecular weight is 336 g/mol. The van der Waals surface area contributed by atoms with Crippen LogP contribution in [0, 0.1) is 0 Å². The number of Topliss-reactive ketones (excluding diaryl/α,β-unsaturated/α-hetero) is 2. The van der Waals surface area contributed by atoms with Crippen molar-refractivity contribution in [3.05, 3.63) is 47.5 Å². The zero-order valence-corrected chi connectivity index (χ0v) is 15.2. The van der Waals surface area contributed by atoms with E-state index in [0.717, 1.165) is 34.9 Å². The molecule has 0 unspecified atom stereocenters. The molecular weight excluding hydrogens is 312 g/mol. The van der Waals surface area contributed by atoms with Gasteiger partial charge in [0.05, 0.1) is 0 Å². The summed E-state index contributed by atoms with van der Waals surface area (Å²) in [7, 11) is 0. The number of nitrogens with one attached hydrogen (secondary N) is 1. The number of carbonyl (C=O) groups excluding carboxylic acids is 2. The number of rotatable bonds is 6. The van der Waals surface area contributed by atoms with Gasteiger partial charge in [0.15, 0.2) is 11.6 Å². The van der Waals surface area contributed by atoms with Crippen LogP contribution >= 0.6 is 0 Å². The van der Waals surface area contributed by atoms with Crippen molar-refractivity contribution < 1.29 is 9.59 Å². The average Bonchev–Trinajstić information content (AvgIpc) is 2.87. The van der Waals surface area contributed by atoms with Gasteiger partial charge in [0.25, 0.3) is 0 Å². The summed E-state index contributed by atoms with van der Waals surface area (Å²) < 4.78 is 2.26. The zero-order valence-electron chi connectivity index (χ0n) is 15.2. The molecule has 4 heteroatoms. The van der Waals surface area contributed by atoms with Crippen molar-refractivity contribution in [1.29, 1.82) is 0 Å². The molecule has 1 N–H and O–H groups in total. The SMILES string of the molecule is CC(=O)c1ccc2c(c1)c1cc(C(C)=O)ccc1n2CCNC(C)C. The highest BCUT2D eigenvalue weighted by Crippen LogP contribution is 2.31. The summed E-state index contributed by atoms with van der Waals surface area (Å²) in [6.07, 6.45) is 0. The molecule has 0 atom stereocenters. The van der Waals surface area contributed by atoms with Crippen LogP contribution in [0.3, 0.4) is 0 Å². The predicted octanol–water partition coefficient (Wildman–Crippen LogP) is 4.20. The van der Waals surface area contributed by atoms with E-state index in [4.69, 9.17) is 0 Å². The molecule has 130 valence electrons. The third-order valence-corrected chi connectivity index (χ3v) is 4.57. The van der Waals surface area contributed by atoms with Gasteiger partial charge < -0.3 is 9.88 Å². The van der Waals surface area contributed by atoms with Gasteiger partial charge in [-0.15, -0.1) is 0 Å². The summed E-state index contributed by atoms with van der Waals surface area (Å²) in [5.74, 6) is 0.0963. The molecule has 1 aromatic heterocycles. The van der Waals surface area contributed by atoms with E-state index < -0.39 is 0 Å². The highest BCUT2D eigenvalue weighted by atomic mass is 16.1. The Bertz CT molecular complexity index is 896. The van der Waals surface area contributed by atoms with Crippen LogP contribution in [-0.2, 0) is 6.54 Å². The third kappa shape index (κ3) is 3.35. The Morgan fingerprint density at radius 1 is 0.920 bits per heavy atom. The monoisotopic (exact) mass is 336 g/mol. The molecule has 0 amide bonds. The fraction of sp³-hybridized carbons (Fsp3) is 0.333. The van der Waals surface area contributed by atoms with Gasteiger partial charge in [-0.05, 0) is 50.2 Å². The number of nitrogens with zero attached hydrogens (tertiary/aromatic N) is 1. The summed E-state index contributed by atoms with van der Waals surface area (Å²) in [5.41, 5.74) is 3.57. The minimum Gasteiger partial charge on any atom is -0.339 e. The van der Waals surface area contributed by atoms with Gasteiger partial charge in [0, 0.05) is 52.1 Å². The number of aromatic nitrogens is 1. The number of ketones is 2. The second-order valence-corrected chi connectivity index (χ2v) is 6.84. The Kier molecular flexibility index (Phi) is 4.73. The maximum absolute atomic E-state index is 11.8. The second-order valence-electron chi connectivity index (χ2n) is 6.84. The van der Waals surface area contributed by atoms with E-state index in [1.165, 1.54) is 0 Å². The van der Waals surface area contributed by atoms with Crippen LogP contribution in [0.25, 0.3) is 21.8 Å². The first-order chi connectivity index (χ1) is 11.9. The fourth-order valence-corrected chi connectivity index (χ4v) is 3.25. The van der Waals surface area contributed by atoms with Crippen LogP contribution in [-0.4, -0.2) is 28.7 Å². The molecule has 0 aliphatic carbocycles. The Balaban J connectivity index is 2.21. The molecule has 1 heterocycles. The minimum absolute atomic E-state index is 0.0481. The standard InChI is InChI=1S/C21H24N2O2/c1-13(2)22-9-10-23-20-7-5-16(14(3)24)11-18(20)19-12-17(15(4)25)6-8-21(19)23/h5-8,11-13,22H,9-10H2,1-4H3. The normalized spacial score (nSPS) is 11.6. The molecule has 0 saturated heterocycles. The maximum Gasteiger partial charge on any atom is 0.159 e. The summed E-state index contributed by atoms with van der Waals surface area (Å²) in [5, 5.41) is 5.49. The smallest absolute Gasteiger partial charge is 0.159 e. The Morgan fingerprint density at radius 2 is 1.40 bits per heavy atom. The van der Waals surface area contributed by atoms with Crippen LogP contribution in [0.1, 0.15) is 48.4 Å². The molecule has 0 spiro atoms. The van der Waals surface area contributed by atoms with Gasteiger partial charge in [-0.3, -0.25) is 9.59 Å². The van der Waals surface area contributed by atoms with Gasteiger partial charge in [-0.1, -0.05) is 13.8 Å². The molecule has 3 aromatic rings. The largest absolute Gasteiger partial charge is 0.339 e. The number of fused-ring (bicyclic) bond motifs is 3. The van der Waals surface area contributed by atoms with Gasteiger partial charge >= 0.3 is 0 Å². The highest BCUT2D eigenvalue weighted by molar-refractivity contribution is 6.12. The zero-order chi connectivity index (χ0) is 18.1. The lowest BCUT2D eigenvalue weighted by molar-refractivity contribution is 0.100. The Morgan fingerprint density at radius 3 is 1.80 bits per heavy atom. The number of carbonyl (C=O) groups is 2. The van der Waals surface area contributed by atoms with Crippen molar-refractivity contribution in [2.45, 2.75) is 40.3 Å². The molecule has 0 saturated carbocycles. The first-order valence-corrected chi connectivity index (χ1v) is 8.69. The van der Waals surface area contributed by atoms with Gasteiger partial charge in [0.2, 0.25) is 0 Å². The molecule has 0 fully saturated rings. The lowest BCUT2D eigenvalue weighted by Gasteiger charge is -2.11. The number of hydrogen-bond donors (Lipinski definition) is 1. The van der Waals surface area contributed by atoms with Crippen LogP contribution in [0.5, 0.6) is 0 Å². The predicted molar refractivity (Wildman–Crippen MR) is 103 cm³/mol. The van der Waals surface area contributed by atoms with E-state index in [0.29, 0.717) is 17.2 Å². The summed E-state index contributed by atoms with van der Waals surface area (Å²) in [6, 6.07) is 12.1. The maximum atomic E-state index is 11.8. The van der Waals surface area contributed by atoms with Gasteiger partial charge in [0.1, 0.15) is 0 Å². The Hall–Kier alpha value is -2.46. The molecular formula is C21H24N2O2. The highest BCUT2D eigenvalue weighted by Gasteiger charge is 2.14.